The maximum Gasteiger partial charge on any atom is 0.350 e. The zero-order chi connectivity index (χ0) is 22.1. The molecule has 0 bridgehead atoms. The van der Waals surface area contributed by atoms with Gasteiger partial charge in [0.2, 0.25) is 0 Å². The summed E-state index contributed by atoms with van der Waals surface area (Å²) in [6.45, 7) is 5.55. The Labute approximate surface area is 201 Å². The number of hydrogen-bond donors (Lipinski definition) is 0. The van der Waals surface area contributed by atoms with Crippen LogP contribution in [-0.4, -0.2) is 57.7 Å². The predicted molar refractivity (Wildman–Crippen MR) is 132 cm³/mol. The number of halogens is 2. The molecule has 0 unspecified atom stereocenters. The zero-order valence-electron chi connectivity index (χ0n) is 17.7. The molecule has 5 rings (SSSR count). The van der Waals surface area contributed by atoms with Crippen molar-refractivity contribution >= 4 is 40.7 Å². The molecule has 0 N–H and O–H groups in total. The molecule has 6 nitrogen and oxygen atoms in total. The van der Waals surface area contributed by atoms with Gasteiger partial charge in [-0.1, -0.05) is 29.3 Å². The summed E-state index contributed by atoms with van der Waals surface area (Å²) < 4.78 is 3.36. The number of hydrogen-bond acceptors (Lipinski definition) is 5. The molecule has 0 atom stereocenters. The fourth-order valence-electron chi connectivity index (χ4n) is 4.39. The summed E-state index contributed by atoms with van der Waals surface area (Å²) >= 11 is 14.1. The van der Waals surface area contributed by atoms with E-state index in [0.717, 1.165) is 72.7 Å². The van der Waals surface area contributed by atoms with Crippen LogP contribution in [0.5, 0.6) is 0 Å². The van der Waals surface area contributed by atoms with Gasteiger partial charge in [-0.3, -0.25) is 4.90 Å². The van der Waals surface area contributed by atoms with Gasteiger partial charge in [-0.05, 0) is 42.8 Å². The highest BCUT2D eigenvalue weighted by Crippen LogP contribution is 2.31. The molecule has 0 saturated carbocycles. The maximum atomic E-state index is 13.1. The molecule has 2 aliphatic rings. The van der Waals surface area contributed by atoms with Crippen LogP contribution in [0, 0.1) is 0 Å². The molecule has 0 aliphatic carbocycles. The van der Waals surface area contributed by atoms with E-state index in [4.69, 9.17) is 23.2 Å². The van der Waals surface area contributed by atoms with E-state index in [1.807, 2.05) is 36.4 Å². The summed E-state index contributed by atoms with van der Waals surface area (Å²) in [5.41, 5.74) is 1.96. The molecule has 2 aromatic carbocycles. The standard InChI is InChI=1S/C23H25Cl2N5OS/c24-17-3-1-4-19(15-17)28-12-10-27(11-13-28)8-2-9-29-23(31)30-20-16-18(25)5-6-21(20)32-14-7-22(30)26-29/h1,3-6,15-16H,2,7-14H2. The summed E-state index contributed by atoms with van der Waals surface area (Å²) in [5.74, 6) is 1.72. The lowest BCUT2D eigenvalue weighted by Gasteiger charge is -2.36. The number of aryl methyl sites for hydroxylation is 2. The first-order chi connectivity index (χ1) is 15.6. The number of nitrogens with zero attached hydrogens (tertiary/aromatic N) is 5. The van der Waals surface area contributed by atoms with Gasteiger partial charge in [0.15, 0.2) is 0 Å². The van der Waals surface area contributed by atoms with Crippen molar-refractivity contribution in [2.45, 2.75) is 24.3 Å². The lowest BCUT2D eigenvalue weighted by Crippen LogP contribution is -2.46. The van der Waals surface area contributed by atoms with Crippen LogP contribution >= 0.6 is 35.0 Å². The third kappa shape index (κ3) is 4.57. The Morgan fingerprint density at radius 2 is 1.78 bits per heavy atom. The average molecular weight is 490 g/mol. The molecular formula is C23H25Cl2N5OS. The van der Waals surface area contributed by atoms with Crippen molar-refractivity contribution in [3.63, 3.8) is 0 Å². The molecule has 32 heavy (non-hydrogen) atoms. The normalized spacial score (nSPS) is 16.5. The second-order valence-electron chi connectivity index (χ2n) is 8.13. The van der Waals surface area contributed by atoms with Gasteiger partial charge in [0.25, 0.3) is 0 Å². The van der Waals surface area contributed by atoms with Crippen LogP contribution in [0.1, 0.15) is 12.2 Å². The van der Waals surface area contributed by atoms with Gasteiger partial charge < -0.3 is 4.90 Å². The van der Waals surface area contributed by atoms with E-state index >= 15 is 0 Å². The van der Waals surface area contributed by atoms with Crippen molar-refractivity contribution in [3.05, 3.63) is 68.8 Å². The van der Waals surface area contributed by atoms with E-state index in [9.17, 15) is 4.79 Å². The van der Waals surface area contributed by atoms with Crippen LogP contribution < -0.4 is 10.6 Å². The number of thioether (sulfide) groups is 1. The van der Waals surface area contributed by atoms with Gasteiger partial charge in [-0.2, -0.15) is 5.10 Å². The number of aromatic nitrogens is 3. The van der Waals surface area contributed by atoms with Gasteiger partial charge in [-0.15, -0.1) is 11.8 Å². The van der Waals surface area contributed by atoms with E-state index in [1.54, 1.807) is 21.0 Å². The third-order valence-corrected chi connectivity index (χ3v) is 7.58. The number of fused-ring (bicyclic) bond motifs is 3. The van der Waals surface area contributed by atoms with E-state index in [-0.39, 0.29) is 5.69 Å². The lowest BCUT2D eigenvalue weighted by atomic mass is 10.2. The Morgan fingerprint density at radius 1 is 0.969 bits per heavy atom. The summed E-state index contributed by atoms with van der Waals surface area (Å²) in [6, 6.07) is 13.8. The van der Waals surface area contributed by atoms with Crippen molar-refractivity contribution in [2.75, 3.05) is 43.4 Å². The van der Waals surface area contributed by atoms with Crippen LogP contribution in [0.4, 0.5) is 5.69 Å². The molecule has 3 heterocycles. The SMILES string of the molecule is O=c1n(CCCN2CCN(c3cccc(Cl)c3)CC2)nc2n1-c1cc(Cl)ccc1SCC2. The number of anilines is 1. The fraction of sp³-hybridized carbons (Fsp3) is 0.391. The maximum absolute atomic E-state index is 13.1. The summed E-state index contributed by atoms with van der Waals surface area (Å²) in [7, 11) is 0. The van der Waals surface area contributed by atoms with Gasteiger partial charge in [0.05, 0.1) is 5.69 Å². The highest BCUT2D eigenvalue weighted by Gasteiger charge is 2.22. The number of rotatable bonds is 5. The highest BCUT2D eigenvalue weighted by molar-refractivity contribution is 7.99. The molecular weight excluding hydrogens is 465 g/mol. The van der Waals surface area contributed by atoms with Crippen molar-refractivity contribution in [1.82, 2.24) is 19.2 Å². The minimum absolute atomic E-state index is 0.0724. The first-order valence-corrected chi connectivity index (χ1v) is 12.7. The molecule has 168 valence electrons. The second-order valence-corrected chi connectivity index (χ2v) is 10.1. The molecule has 0 spiro atoms. The molecule has 0 amide bonds. The highest BCUT2D eigenvalue weighted by atomic mass is 35.5. The van der Waals surface area contributed by atoms with Crippen LogP contribution in [0.25, 0.3) is 5.69 Å². The Bertz CT molecular complexity index is 1170. The monoisotopic (exact) mass is 489 g/mol. The largest absolute Gasteiger partial charge is 0.369 e. The summed E-state index contributed by atoms with van der Waals surface area (Å²) in [4.78, 5) is 19.0. The fourth-order valence-corrected chi connectivity index (χ4v) is 5.71. The van der Waals surface area contributed by atoms with E-state index in [0.29, 0.717) is 11.6 Å². The molecule has 9 heteroatoms. The summed E-state index contributed by atoms with van der Waals surface area (Å²) in [6.07, 6.45) is 1.66. The Balaban J connectivity index is 1.20. The van der Waals surface area contributed by atoms with Crippen molar-refractivity contribution < 1.29 is 0 Å². The van der Waals surface area contributed by atoms with Crippen LogP contribution in [-0.2, 0) is 13.0 Å². The van der Waals surface area contributed by atoms with Crippen LogP contribution in [0.2, 0.25) is 10.0 Å². The van der Waals surface area contributed by atoms with Crippen LogP contribution in [0.3, 0.4) is 0 Å². The molecule has 0 radical (unpaired) electrons. The first kappa shape index (κ1) is 21.9. The lowest BCUT2D eigenvalue weighted by molar-refractivity contribution is 0.248. The smallest absolute Gasteiger partial charge is 0.350 e. The van der Waals surface area contributed by atoms with Crippen molar-refractivity contribution in [3.8, 4) is 5.69 Å². The quantitative estimate of drug-likeness (QED) is 0.537. The average Bonchev–Trinajstić information content (AvgIpc) is 2.98. The minimum Gasteiger partial charge on any atom is -0.369 e. The number of benzene rings is 2. The van der Waals surface area contributed by atoms with Gasteiger partial charge >= 0.3 is 5.69 Å². The van der Waals surface area contributed by atoms with Gasteiger partial charge in [-0.25, -0.2) is 14.0 Å². The molecule has 3 aromatic rings. The molecule has 1 fully saturated rings. The van der Waals surface area contributed by atoms with E-state index in [1.165, 1.54) is 5.69 Å². The minimum atomic E-state index is -0.0724. The Morgan fingerprint density at radius 3 is 2.59 bits per heavy atom. The number of piperazine rings is 1. The third-order valence-electron chi connectivity index (χ3n) is 6.04. The molecule has 1 aromatic heterocycles. The molecule has 1 saturated heterocycles. The second kappa shape index (κ2) is 9.51. The topological polar surface area (TPSA) is 46.3 Å². The Kier molecular flexibility index (Phi) is 6.51. The summed E-state index contributed by atoms with van der Waals surface area (Å²) in [5, 5.41) is 6.06. The van der Waals surface area contributed by atoms with E-state index < -0.39 is 0 Å². The first-order valence-electron chi connectivity index (χ1n) is 10.9. The van der Waals surface area contributed by atoms with Crippen molar-refractivity contribution in [2.24, 2.45) is 0 Å². The zero-order valence-corrected chi connectivity index (χ0v) is 20.0. The van der Waals surface area contributed by atoms with E-state index in [2.05, 4.69) is 21.0 Å². The Hall–Kier alpha value is -1.93. The molecule has 2 aliphatic heterocycles. The van der Waals surface area contributed by atoms with Crippen molar-refractivity contribution in [1.29, 1.82) is 0 Å². The predicted octanol–water partition coefficient (Wildman–Crippen LogP) is 4.20. The van der Waals surface area contributed by atoms with Crippen LogP contribution in [0.15, 0.2) is 52.2 Å². The van der Waals surface area contributed by atoms with Gasteiger partial charge in [0, 0.05) is 72.1 Å². The van der Waals surface area contributed by atoms with Gasteiger partial charge in [0.1, 0.15) is 5.82 Å².